The molecule has 1 aromatic rings. The molecule has 0 bridgehead atoms. The van der Waals surface area contributed by atoms with Crippen LogP contribution in [0.25, 0.3) is 0 Å². The van der Waals surface area contributed by atoms with Crippen molar-refractivity contribution < 1.29 is 13.9 Å². The van der Waals surface area contributed by atoms with Crippen LogP contribution in [-0.2, 0) is 4.43 Å². The van der Waals surface area contributed by atoms with Gasteiger partial charge < -0.3 is 0 Å². The van der Waals surface area contributed by atoms with Crippen molar-refractivity contribution >= 4 is 26.7 Å². The monoisotopic (exact) mass is 530 g/mol. The van der Waals surface area contributed by atoms with Gasteiger partial charge in [-0.2, -0.15) is 0 Å². The van der Waals surface area contributed by atoms with E-state index in [9.17, 15) is 0 Å². The van der Waals surface area contributed by atoms with Crippen molar-refractivity contribution in [2.24, 2.45) is 0 Å². The topological polar surface area (TPSA) is 27.7 Å². The van der Waals surface area contributed by atoms with E-state index < -0.39 is 26.7 Å². The van der Waals surface area contributed by atoms with Gasteiger partial charge in [0.15, 0.2) is 0 Å². The molecule has 0 amide bonds. The van der Waals surface area contributed by atoms with Gasteiger partial charge >= 0.3 is 186 Å². The molecule has 5 heteroatoms. The van der Waals surface area contributed by atoms with Crippen LogP contribution in [0.4, 0.5) is 0 Å². The summed E-state index contributed by atoms with van der Waals surface area (Å²) < 4.78 is 23.0. The number of methoxy groups -OCH3 is 2. The standard InChI is InChI=1S/C12H19O3Si.3C4H9.Sn/c1-13-11-7-6-10(12(8-11)14-2)9-15-16(3,4)5;3*1-3-4-2;/h6-9H,1-5H3;3*1,3-4H2,2H3;. The molecule has 0 heterocycles. The van der Waals surface area contributed by atoms with Crippen LogP contribution >= 0.6 is 0 Å². The summed E-state index contributed by atoms with van der Waals surface area (Å²) in [4.78, 5) is 0. The van der Waals surface area contributed by atoms with Crippen LogP contribution in [0.15, 0.2) is 18.2 Å². The first-order chi connectivity index (χ1) is 13.8. The summed E-state index contributed by atoms with van der Waals surface area (Å²) in [6.45, 7) is 14.0. The van der Waals surface area contributed by atoms with Gasteiger partial charge in [0.2, 0.25) is 0 Å². The quantitative estimate of drug-likeness (QED) is 0.216. The Bertz CT molecular complexity index is 564. The first kappa shape index (κ1) is 26.8. The molecule has 0 aliphatic rings. The van der Waals surface area contributed by atoms with Crippen LogP contribution < -0.4 is 9.47 Å². The predicted molar refractivity (Wildman–Crippen MR) is 132 cm³/mol. The van der Waals surface area contributed by atoms with Crippen molar-refractivity contribution in [1.29, 1.82) is 0 Å². The maximum absolute atomic E-state index is 7.11. The molecule has 3 nitrogen and oxygen atoms in total. The Labute approximate surface area is 185 Å². The Morgan fingerprint density at radius 3 is 1.72 bits per heavy atom. The van der Waals surface area contributed by atoms with Gasteiger partial charge in [-0.05, 0) is 0 Å². The molecule has 29 heavy (non-hydrogen) atoms. The average Bonchev–Trinajstić information content (AvgIpc) is 2.70. The molecule has 0 saturated carbocycles. The summed E-state index contributed by atoms with van der Waals surface area (Å²) in [5.74, 6) is 1.80. The summed E-state index contributed by atoms with van der Waals surface area (Å²) in [6, 6.07) is 6.37. The Kier molecular flexibility index (Phi) is 12.3. The molecule has 0 aliphatic carbocycles. The van der Waals surface area contributed by atoms with Crippen LogP contribution in [0.3, 0.4) is 0 Å². The zero-order chi connectivity index (χ0) is 21.9. The van der Waals surface area contributed by atoms with E-state index in [1.807, 2.05) is 6.07 Å². The number of ether oxygens (including phenoxy) is 2. The van der Waals surface area contributed by atoms with Crippen molar-refractivity contribution in [3.63, 3.8) is 0 Å². The minimum atomic E-state index is -2.68. The maximum atomic E-state index is 7.11. The Morgan fingerprint density at radius 2 is 1.34 bits per heavy atom. The summed E-state index contributed by atoms with van der Waals surface area (Å²) in [7, 11) is 1.78. The fourth-order valence-electron chi connectivity index (χ4n) is 4.26. The Balaban J connectivity index is 3.58. The van der Waals surface area contributed by atoms with E-state index in [2.05, 4.69) is 52.5 Å². The van der Waals surface area contributed by atoms with Crippen LogP contribution in [0.1, 0.15) is 69.0 Å². The third-order valence-corrected chi connectivity index (χ3v) is 23.4. The number of unbranched alkanes of at least 4 members (excludes halogenated alkanes) is 3. The average molecular weight is 529 g/mol. The molecule has 0 aromatic heterocycles. The molecule has 1 atom stereocenters. The number of benzene rings is 1. The fourth-order valence-corrected chi connectivity index (χ4v) is 26.5. The minimum absolute atomic E-state index is 0.279. The first-order valence-electron chi connectivity index (χ1n) is 11.7. The molecule has 0 saturated heterocycles. The van der Waals surface area contributed by atoms with E-state index in [0.717, 1.165) is 11.5 Å². The van der Waals surface area contributed by atoms with Gasteiger partial charge in [-0.25, -0.2) is 0 Å². The molecule has 1 aromatic carbocycles. The van der Waals surface area contributed by atoms with Gasteiger partial charge in [-0.3, -0.25) is 0 Å². The van der Waals surface area contributed by atoms with Gasteiger partial charge in [0, 0.05) is 0 Å². The van der Waals surface area contributed by atoms with Gasteiger partial charge in [-0.1, -0.05) is 0 Å². The van der Waals surface area contributed by atoms with E-state index >= 15 is 0 Å². The summed E-state index contributed by atoms with van der Waals surface area (Å²) in [5, 5.41) is 0. The van der Waals surface area contributed by atoms with E-state index in [4.69, 9.17) is 13.9 Å². The van der Waals surface area contributed by atoms with Gasteiger partial charge in [0.05, 0.1) is 0 Å². The molecule has 0 aliphatic heterocycles. The molecule has 1 rings (SSSR count). The molecular weight excluding hydrogens is 483 g/mol. The van der Waals surface area contributed by atoms with Gasteiger partial charge in [0.1, 0.15) is 0 Å². The van der Waals surface area contributed by atoms with Crippen molar-refractivity contribution in [2.75, 3.05) is 14.2 Å². The third-order valence-electron chi connectivity index (χ3n) is 5.84. The van der Waals surface area contributed by atoms with E-state index in [0.29, 0.717) is 0 Å². The van der Waals surface area contributed by atoms with Crippen molar-refractivity contribution in [3.05, 3.63) is 23.8 Å². The second-order valence-electron chi connectivity index (χ2n) is 9.39. The van der Waals surface area contributed by atoms with Crippen LogP contribution in [0, 0.1) is 0 Å². The summed E-state index contributed by atoms with van der Waals surface area (Å²) in [5.41, 5.74) is 1.29. The van der Waals surface area contributed by atoms with Gasteiger partial charge in [-0.15, -0.1) is 0 Å². The van der Waals surface area contributed by atoms with Crippen molar-refractivity contribution in [2.45, 2.75) is 96.4 Å². The molecule has 168 valence electrons. The Hall–Kier alpha value is -0.204. The van der Waals surface area contributed by atoms with E-state index in [-0.39, 0.29) is 4.12 Å². The van der Waals surface area contributed by atoms with Crippen molar-refractivity contribution in [3.8, 4) is 11.5 Å². The SMILES string of the molecule is CCC[CH2][Sn]([CH2]CCC)([CH2]CCC)[CH](O[Si](C)(C)C)c1ccc(OC)cc1OC. The van der Waals surface area contributed by atoms with Crippen LogP contribution in [-0.4, -0.2) is 40.9 Å². The van der Waals surface area contributed by atoms with Crippen LogP contribution in [0.5, 0.6) is 11.5 Å². The number of hydrogen-bond acceptors (Lipinski definition) is 3. The zero-order valence-electron chi connectivity index (χ0n) is 20.4. The fraction of sp³-hybridized carbons (Fsp3) is 0.750. The predicted octanol–water partition coefficient (Wildman–Crippen LogP) is 7.98. The molecular formula is C24H46O3SiSn. The van der Waals surface area contributed by atoms with E-state index in [1.54, 1.807) is 14.2 Å². The van der Waals surface area contributed by atoms with Gasteiger partial charge in [0.25, 0.3) is 0 Å². The second-order valence-corrected chi connectivity index (χ2v) is 27.4. The number of rotatable bonds is 15. The molecule has 0 fully saturated rings. The first-order valence-corrected chi connectivity index (χ1v) is 22.8. The Morgan fingerprint density at radius 1 is 0.828 bits per heavy atom. The number of hydrogen-bond donors (Lipinski definition) is 0. The summed E-state index contributed by atoms with van der Waals surface area (Å²) in [6.07, 6.45) is 7.84. The van der Waals surface area contributed by atoms with Crippen LogP contribution in [0.2, 0.25) is 33.0 Å². The normalized spacial score (nSPS) is 13.4. The molecule has 0 radical (unpaired) electrons. The van der Waals surface area contributed by atoms with Crippen molar-refractivity contribution in [1.82, 2.24) is 0 Å². The zero-order valence-corrected chi connectivity index (χ0v) is 24.3. The van der Waals surface area contributed by atoms with E-state index in [1.165, 1.54) is 57.4 Å². The molecule has 1 unspecified atom stereocenters. The molecule has 0 N–H and O–H groups in total. The second kappa shape index (κ2) is 13.3. The third kappa shape index (κ3) is 8.45. The summed E-state index contributed by atoms with van der Waals surface area (Å²) >= 11 is -2.68. The molecule has 0 spiro atoms.